The monoisotopic (exact) mass is 203 g/mol. The molecule has 0 radical (unpaired) electrons. The average molecular weight is 204 g/mol. The van der Waals surface area contributed by atoms with Crippen LogP contribution in [0.2, 0.25) is 0 Å². The van der Waals surface area contributed by atoms with E-state index in [1.54, 1.807) is 0 Å². The molecule has 0 amide bonds. The quantitative estimate of drug-likeness (QED) is 0.635. The van der Waals surface area contributed by atoms with Crippen LogP contribution >= 0.6 is 11.6 Å². The fourth-order valence-electron chi connectivity index (χ4n) is 1.95. The van der Waals surface area contributed by atoms with E-state index in [0.717, 1.165) is 12.3 Å². The molecule has 1 nitrogen and oxygen atoms in total. The molecule has 0 atom stereocenters. The molecular formula is C11H22ClN. The third kappa shape index (κ3) is 3.47. The minimum absolute atomic E-state index is 0.622. The second-order valence-electron chi connectivity index (χ2n) is 4.55. The molecule has 1 heterocycles. The standard InChI is InChI=1S/C11H22ClN/c1-3-11(2)5-9-13(10-6-11)8-4-7-12/h3-10H2,1-2H3. The summed E-state index contributed by atoms with van der Waals surface area (Å²) in [6, 6.07) is 0. The van der Waals surface area contributed by atoms with Gasteiger partial charge in [0.05, 0.1) is 0 Å². The highest BCUT2D eigenvalue weighted by molar-refractivity contribution is 6.17. The molecule has 0 bridgehead atoms. The summed E-state index contributed by atoms with van der Waals surface area (Å²) in [7, 11) is 0. The smallest absolute Gasteiger partial charge is 0.0235 e. The van der Waals surface area contributed by atoms with Crippen molar-refractivity contribution < 1.29 is 0 Å². The van der Waals surface area contributed by atoms with E-state index in [0.29, 0.717) is 5.41 Å². The first-order chi connectivity index (χ1) is 6.20. The molecule has 0 saturated carbocycles. The molecule has 0 aromatic heterocycles. The van der Waals surface area contributed by atoms with Crippen molar-refractivity contribution in [2.75, 3.05) is 25.5 Å². The van der Waals surface area contributed by atoms with Crippen LogP contribution < -0.4 is 0 Å². The third-order valence-corrected chi connectivity index (χ3v) is 3.79. The van der Waals surface area contributed by atoms with Crippen molar-refractivity contribution in [2.45, 2.75) is 39.5 Å². The fraction of sp³-hybridized carbons (Fsp3) is 1.00. The van der Waals surface area contributed by atoms with Crippen LogP contribution in [-0.2, 0) is 0 Å². The predicted molar refractivity (Wildman–Crippen MR) is 59.4 cm³/mol. The van der Waals surface area contributed by atoms with Gasteiger partial charge in [-0.15, -0.1) is 11.6 Å². The van der Waals surface area contributed by atoms with Gasteiger partial charge in [0.25, 0.3) is 0 Å². The van der Waals surface area contributed by atoms with Crippen LogP contribution in [0.15, 0.2) is 0 Å². The number of hydrogen-bond acceptors (Lipinski definition) is 1. The van der Waals surface area contributed by atoms with Gasteiger partial charge in [-0.25, -0.2) is 0 Å². The zero-order valence-corrected chi connectivity index (χ0v) is 9.74. The minimum Gasteiger partial charge on any atom is -0.303 e. The molecule has 0 unspecified atom stereocenters. The predicted octanol–water partition coefficient (Wildman–Crippen LogP) is 3.13. The number of piperidine rings is 1. The van der Waals surface area contributed by atoms with E-state index in [1.165, 1.54) is 38.9 Å². The summed E-state index contributed by atoms with van der Waals surface area (Å²) in [6.45, 7) is 8.49. The van der Waals surface area contributed by atoms with E-state index in [2.05, 4.69) is 18.7 Å². The molecule has 1 rings (SSSR count). The summed E-state index contributed by atoms with van der Waals surface area (Å²) >= 11 is 5.68. The van der Waals surface area contributed by atoms with Crippen molar-refractivity contribution in [2.24, 2.45) is 5.41 Å². The summed E-state index contributed by atoms with van der Waals surface area (Å²) in [5.41, 5.74) is 0.622. The molecule has 13 heavy (non-hydrogen) atoms. The summed E-state index contributed by atoms with van der Waals surface area (Å²) < 4.78 is 0. The molecule has 1 aliphatic rings. The van der Waals surface area contributed by atoms with Crippen LogP contribution in [-0.4, -0.2) is 30.4 Å². The Bertz CT molecular complexity index is 139. The van der Waals surface area contributed by atoms with Gasteiger partial charge in [-0.05, 0) is 44.3 Å². The number of halogens is 1. The minimum atomic E-state index is 0.622. The van der Waals surface area contributed by atoms with Crippen LogP contribution in [0.3, 0.4) is 0 Å². The van der Waals surface area contributed by atoms with Crippen molar-refractivity contribution >= 4 is 11.6 Å². The van der Waals surface area contributed by atoms with E-state index >= 15 is 0 Å². The Kier molecular flexibility index (Phi) is 4.54. The SMILES string of the molecule is CCC1(C)CCN(CCCCl)CC1. The van der Waals surface area contributed by atoms with E-state index in [-0.39, 0.29) is 0 Å². The molecule has 0 N–H and O–H groups in total. The number of rotatable bonds is 4. The maximum Gasteiger partial charge on any atom is 0.0235 e. The van der Waals surface area contributed by atoms with E-state index in [1.807, 2.05) is 0 Å². The van der Waals surface area contributed by atoms with Crippen molar-refractivity contribution in [3.8, 4) is 0 Å². The lowest BCUT2D eigenvalue weighted by Gasteiger charge is -2.38. The number of nitrogens with zero attached hydrogens (tertiary/aromatic N) is 1. The van der Waals surface area contributed by atoms with Crippen LogP contribution in [0.1, 0.15) is 39.5 Å². The zero-order valence-electron chi connectivity index (χ0n) is 8.98. The van der Waals surface area contributed by atoms with Crippen LogP contribution in [0.4, 0.5) is 0 Å². The molecule has 0 spiro atoms. The highest BCUT2D eigenvalue weighted by Gasteiger charge is 2.27. The van der Waals surface area contributed by atoms with Gasteiger partial charge in [-0.3, -0.25) is 0 Å². The Morgan fingerprint density at radius 3 is 2.38 bits per heavy atom. The second-order valence-corrected chi connectivity index (χ2v) is 4.93. The molecule has 1 saturated heterocycles. The lowest BCUT2D eigenvalue weighted by molar-refractivity contribution is 0.115. The molecule has 1 fully saturated rings. The van der Waals surface area contributed by atoms with Gasteiger partial charge >= 0.3 is 0 Å². The molecule has 0 aromatic rings. The van der Waals surface area contributed by atoms with Gasteiger partial charge in [0.15, 0.2) is 0 Å². The van der Waals surface area contributed by atoms with Crippen molar-refractivity contribution in [3.63, 3.8) is 0 Å². The maximum absolute atomic E-state index is 5.68. The Balaban J connectivity index is 2.22. The first kappa shape index (κ1) is 11.3. The molecular weight excluding hydrogens is 182 g/mol. The topological polar surface area (TPSA) is 3.24 Å². The number of likely N-dealkylation sites (tertiary alicyclic amines) is 1. The summed E-state index contributed by atoms with van der Waals surface area (Å²) in [4.78, 5) is 2.56. The highest BCUT2D eigenvalue weighted by atomic mass is 35.5. The molecule has 0 aliphatic carbocycles. The van der Waals surface area contributed by atoms with Gasteiger partial charge in [-0.1, -0.05) is 20.3 Å². The summed E-state index contributed by atoms with van der Waals surface area (Å²) in [6.07, 6.45) is 5.21. The van der Waals surface area contributed by atoms with E-state index < -0.39 is 0 Å². The second kappa shape index (κ2) is 5.21. The molecule has 78 valence electrons. The van der Waals surface area contributed by atoms with Gasteiger partial charge in [0, 0.05) is 5.88 Å². The van der Waals surface area contributed by atoms with Gasteiger partial charge in [0.1, 0.15) is 0 Å². The average Bonchev–Trinajstić information content (AvgIpc) is 2.17. The molecule has 0 aromatic carbocycles. The maximum atomic E-state index is 5.68. The first-order valence-electron chi connectivity index (χ1n) is 5.48. The van der Waals surface area contributed by atoms with Crippen LogP contribution in [0.5, 0.6) is 0 Å². The highest BCUT2D eigenvalue weighted by Crippen LogP contribution is 2.33. The number of hydrogen-bond donors (Lipinski definition) is 0. The van der Waals surface area contributed by atoms with Gasteiger partial charge in [0.2, 0.25) is 0 Å². The summed E-state index contributed by atoms with van der Waals surface area (Å²) in [5.74, 6) is 0.807. The zero-order chi connectivity index (χ0) is 9.73. The van der Waals surface area contributed by atoms with Crippen molar-refractivity contribution in [3.05, 3.63) is 0 Å². The molecule has 2 heteroatoms. The normalized spacial score (nSPS) is 23.3. The third-order valence-electron chi connectivity index (χ3n) is 3.52. The Morgan fingerprint density at radius 1 is 1.31 bits per heavy atom. The first-order valence-corrected chi connectivity index (χ1v) is 6.02. The fourth-order valence-corrected chi connectivity index (χ4v) is 2.07. The van der Waals surface area contributed by atoms with Crippen LogP contribution in [0, 0.1) is 5.41 Å². The largest absolute Gasteiger partial charge is 0.303 e. The lowest BCUT2D eigenvalue weighted by Crippen LogP contribution is -2.38. The van der Waals surface area contributed by atoms with Gasteiger partial charge < -0.3 is 4.90 Å². The van der Waals surface area contributed by atoms with E-state index in [9.17, 15) is 0 Å². The lowest BCUT2D eigenvalue weighted by atomic mass is 9.78. The summed E-state index contributed by atoms with van der Waals surface area (Å²) in [5, 5.41) is 0. The number of alkyl halides is 1. The van der Waals surface area contributed by atoms with E-state index in [4.69, 9.17) is 11.6 Å². The Hall–Kier alpha value is 0.250. The molecule has 1 aliphatic heterocycles. The van der Waals surface area contributed by atoms with Crippen molar-refractivity contribution in [1.29, 1.82) is 0 Å². The van der Waals surface area contributed by atoms with Gasteiger partial charge in [-0.2, -0.15) is 0 Å². The van der Waals surface area contributed by atoms with Crippen molar-refractivity contribution in [1.82, 2.24) is 4.90 Å². The Morgan fingerprint density at radius 2 is 1.92 bits per heavy atom. The Labute approximate surface area is 87.4 Å². The van der Waals surface area contributed by atoms with Crippen LogP contribution in [0.25, 0.3) is 0 Å².